The Balaban J connectivity index is 0.00000110. The van der Waals surface area contributed by atoms with Gasteiger partial charge in [0, 0.05) is 30.7 Å². The second kappa shape index (κ2) is 5.62. The van der Waals surface area contributed by atoms with Crippen LogP contribution in [0.2, 0.25) is 0 Å². The zero-order valence-electron chi connectivity index (χ0n) is 10.7. The molecule has 1 unspecified atom stereocenters. The third kappa shape index (κ3) is 2.30. The number of ether oxygens (including phenoxy) is 2. The van der Waals surface area contributed by atoms with Crippen molar-refractivity contribution in [1.82, 2.24) is 20.2 Å². The van der Waals surface area contributed by atoms with E-state index < -0.39 is 0 Å². The number of nitrogens with zero attached hydrogens (tertiary/aromatic N) is 4. The Morgan fingerprint density at radius 2 is 2.26 bits per heavy atom. The molecule has 0 radical (unpaired) electrons. The van der Waals surface area contributed by atoms with Crippen molar-refractivity contribution in [3.8, 4) is 5.88 Å². The Morgan fingerprint density at radius 3 is 3.21 bits per heavy atom. The number of H-pyrrole nitrogens is 1. The first kappa shape index (κ1) is 13.7. The van der Waals surface area contributed by atoms with E-state index in [0.717, 1.165) is 30.8 Å². The maximum absolute atomic E-state index is 5.73. The van der Waals surface area contributed by atoms with Gasteiger partial charge >= 0.3 is 51.4 Å². The first-order chi connectivity index (χ1) is 8.93. The van der Waals surface area contributed by atoms with E-state index in [1.807, 2.05) is 0 Å². The molecule has 2 aliphatic rings. The van der Waals surface area contributed by atoms with E-state index in [9.17, 15) is 0 Å². The number of aromatic amines is 1. The van der Waals surface area contributed by atoms with Gasteiger partial charge in [0.15, 0.2) is 0 Å². The van der Waals surface area contributed by atoms with Crippen LogP contribution in [0.4, 0.5) is 5.82 Å². The number of anilines is 1. The minimum atomic E-state index is 0. The fourth-order valence-electron chi connectivity index (χ4n) is 2.51. The summed E-state index contributed by atoms with van der Waals surface area (Å²) in [7, 11) is 0. The fourth-order valence-corrected chi connectivity index (χ4v) is 2.51. The average molecular weight is 285 g/mol. The summed E-state index contributed by atoms with van der Waals surface area (Å²) in [6.45, 7) is 2.89. The van der Waals surface area contributed by atoms with Gasteiger partial charge in [-0.05, 0) is 6.42 Å². The number of fused-ring (bicyclic) bond motifs is 2. The molecule has 4 heterocycles. The second-order valence-electron chi connectivity index (χ2n) is 4.49. The van der Waals surface area contributed by atoms with E-state index >= 15 is 0 Å². The summed E-state index contributed by atoms with van der Waals surface area (Å²) in [4.78, 5) is 10.6. The standard InChI is InChI=1S/C11H12N5O2.K/c1-2-16-7(4-17-3-1)5-18-11-8-9(14-15-11)12-6-13-10(8)16;/h7H,1-5H2,(H,12,13,14,15);/q-1;+1. The van der Waals surface area contributed by atoms with Crippen LogP contribution in [-0.2, 0) is 4.74 Å². The molecule has 0 aromatic carbocycles. The van der Waals surface area contributed by atoms with Crippen LogP contribution >= 0.6 is 0 Å². The zero-order chi connectivity index (χ0) is 11.9. The van der Waals surface area contributed by atoms with Gasteiger partial charge in [-0.2, -0.15) is 0 Å². The Morgan fingerprint density at radius 1 is 1.32 bits per heavy atom. The van der Waals surface area contributed by atoms with Gasteiger partial charge in [-0.1, -0.05) is 0 Å². The Hall–Kier alpha value is -0.254. The summed E-state index contributed by atoms with van der Waals surface area (Å²) >= 11 is 0. The van der Waals surface area contributed by atoms with Gasteiger partial charge in [-0.25, -0.2) is 0 Å². The van der Waals surface area contributed by atoms with E-state index in [4.69, 9.17) is 9.47 Å². The van der Waals surface area contributed by atoms with Crippen LogP contribution in [0.3, 0.4) is 0 Å². The van der Waals surface area contributed by atoms with Crippen molar-refractivity contribution >= 4 is 16.9 Å². The molecule has 2 aromatic heterocycles. The van der Waals surface area contributed by atoms with Crippen LogP contribution in [0.25, 0.3) is 11.0 Å². The minimum Gasteiger partial charge on any atom is -0.475 e. The number of rotatable bonds is 0. The molecule has 1 N–H and O–H groups in total. The van der Waals surface area contributed by atoms with Gasteiger partial charge in [0.2, 0.25) is 5.88 Å². The van der Waals surface area contributed by atoms with Crippen LogP contribution in [0.5, 0.6) is 5.88 Å². The summed E-state index contributed by atoms with van der Waals surface area (Å²) < 4.78 is 11.3. The van der Waals surface area contributed by atoms with Gasteiger partial charge in [0.1, 0.15) is 6.61 Å². The topological polar surface area (TPSA) is 76.2 Å². The van der Waals surface area contributed by atoms with Gasteiger partial charge in [0.05, 0.1) is 18.3 Å². The zero-order valence-corrected chi connectivity index (χ0v) is 13.8. The van der Waals surface area contributed by atoms with E-state index in [-0.39, 0.29) is 57.4 Å². The molecular formula is C11H12KN5O2. The molecule has 1 fully saturated rings. The summed E-state index contributed by atoms with van der Waals surface area (Å²) in [5.74, 6) is 1.42. The Bertz CT molecular complexity index is 589. The van der Waals surface area contributed by atoms with Crippen molar-refractivity contribution in [2.24, 2.45) is 0 Å². The van der Waals surface area contributed by atoms with Crippen LogP contribution < -0.4 is 61.0 Å². The van der Waals surface area contributed by atoms with Crippen LogP contribution in [0.15, 0.2) is 0 Å². The molecule has 1 saturated heterocycles. The molecule has 0 saturated carbocycles. The maximum Gasteiger partial charge on any atom is 1.00 e. The predicted molar refractivity (Wildman–Crippen MR) is 62.6 cm³/mol. The van der Waals surface area contributed by atoms with Crippen LogP contribution in [0.1, 0.15) is 6.42 Å². The first-order valence-electron chi connectivity index (χ1n) is 6.03. The van der Waals surface area contributed by atoms with Gasteiger partial charge in [0.25, 0.3) is 0 Å². The molecule has 0 aliphatic carbocycles. The van der Waals surface area contributed by atoms with Crippen molar-refractivity contribution in [2.45, 2.75) is 12.5 Å². The number of hydrogen-bond donors (Lipinski definition) is 1. The molecule has 8 heteroatoms. The monoisotopic (exact) mass is 285 g/mol. The minimum absolute atomic E-state index is 0. The third-order valence-electron chi connectivity index (χ3n) is 3.38. The molecule has 7 nitrogen and oxygen atoms in total. The largest absolute Gasteiger partial charge is 1.00 e. The smallest absolute Gasteiger partial charge is 0.475 e. The first-order valence-corrected chi connectivity index (χ1v) is 6.03. The molecule has 0 amide bonds. The van der Waals surface area contributed by atoms with Gasteiger partial charge in [-0.15, -0.1) is 5.10 Å². The summed E-state index contributed by atoms with van der Waals surface area (Å²) in [5.41, 5.74) is 0.667. The molecule has 94 valence electrons. The summed E-state index contributed by atoms with van der Waals surface area (Å²) in [5, 5.41) is 7.82. The number of hydrogen-bond acceptors (Lipinski definition) is 6. The van der Waals surface area contributed by atoms with E-state index in [0.29, 0.717) is 24.7 Å². The molecule has 4 rings (SSSR count). The third-order valence-corrected chi connectivity index (χ3v) is 3.38. The fraction of sp³-hybridized carbons (Fsp3) is 0.545. The van der Waals surface area contributed by atoms with Crippen molar-refractivity contribution in [3.05, 3.63) is 6.33 Å². The summed E-state index contributed by atoms with van der Waals surface area (Å²) in [6.07, 6.45) is 3.66. The van der Waals surface area contributed by atoms with Crippen molar-refractivity contribution in [2.75, 3.05) is 31.3 Å². The van der Waals surface area contributed by atoms with Gasteiger partial charge < -0.3 is 29.4 Å². The number of aromatic nitrogens is 4. The van der Waals surface area contributed by atoms with Crippen molar-refractivity contribution in [3.63, 3.8) is 0 Å². The summed E-state index contributed by atoms with van der Waals surface area (Å²) in [6, 6.07) is 0.174. The molecule has 2 aliphatic heterocycles. The molecular weight excluding hydrogens is 273 g/mol. The molecule has 0 spiro atoms. The SMILES string of the molecule is [K+].[c-]1nc2c3c(n[nH]c3n1)OCC1COCCCN21. The normalized spacial score (nSPS) is 21.9. The van der Waals surface area contributed by atoms with E-state index in [2.05, 4.69) is 31.4 Å². The van der Waals surface area contributed by atoms with Gasteiger partial charge in [-0.3, -0.25) is 0 Å². The molecule has 19 heavy (non-hydrogen) atoms. The predicted octanol–water partition coefficient (Wildman–Crippen LogP) is -2.86. The van der Waals surface area contributed by atoms with E-state index in [1.54, 1.807) is 0 Å². The van der Waals surface area contributed by atoms with Crippen molar-refractivity contribution in [1.29, 1.82) is 0 Å². The maximum atomic E-state index is 5.73. The quantitative estimate of drug-likeness (QED) is 0.415. The van der Waals surface area contributed by atoms with E-state index in [1.165, 1.54) is 0 Å². The molecule has 0 bridgehead atoms. The number of nitrogens with one attached hydrogen (secondary N) is 1. The average Bonchev–Trinajstić information content (AvgIpc) is 2.58. The second-order valence-corrected chi connectivity index (χ2v) is 4.49. The van der Waals surface area contributed by atoms with Crippen LogP contribution in [-0.4, -0.2) is 52.6 Å². The van der Waals surface area contributed by atoms with Crippen LogP contribution in [0, 0.1) is 6.33 Å². The Kier molecular flexibility index (Phi) is 4.06. The molecule has 2 aromatic rings. The molecule has 1 atom stereocenters. The van der Waals surface area contributed by atoms with Crippen molar-refractivity contribution < 1.29 is 60.9 Å². The Labute approximate surface area is 152 Å².